The number of carbonyl (C=O) groups excluding carboxylic acids is 1. The number of rotatable bonds is 7. The molecule has 0 aliphatic rings. The first kappa shape index (κ1) is 21.1. The lowest BCUT2D eigenvalue weighted by Crippen LogP contribution is -2.07. The molecule has 0 aliphatic carbocycles. The van der Waals surface area contributed by atoms with Gasteiger partial charge in [-0.1, -0.05) is 41.6 Å². The van der Waals surface area contributed by atoms with Crippen LogP contribution < -0.4 is 0 Å². The van der Waals surface area contributed by atoms with Crippen LogP contribution in [0.1, 0.15) is 27.5 Å². The summed E-state index contributed by atoms with van der Waals surface area (Å²) >= 11 is 9.24. The van der Waals surface area contributed by atoms with Gasteiger partial charge in [0.25, 0.3) is 11.1 Å². The first-order valence-electron chi connectivity index (χ1n) is 9.87. The molecule has 0 saturated carbocycles. The highest BCUT2D eigenvalue weighted by Crippen LogP contribution is 2.41. The quantitative estimate of drug-likeness (QED) is 0.191. The molecule has 0 bridgehead atoms. The maximum absolute atomic E-state index is 12.9. The molecule has 5 aromatic rings. The molecule has 0 amide bonds. The van der Waals surface area contributed by atoms with Crippen LogP contribution in [0.5, 0.6) is 0 Å². The molecule has 0 atom stereocenters. The van der Waals surface area contributed by atoms with Gasteiger partial charge in [-0.15, -0.1) is 21.5 Å². The number of Topliss-reactive ketones (excluding diaryl/α,β-unsaturated/α-hetero) is 1. The van der Waals surface area contributed by atoms with Gasteiger partial charge >= 0.3 is 0 Å². The molecule has 0 unspecified atom stereocenters. The third kappa shape index (κ3) is 3.90. The Morgan fingerprint density at radius 2 is 2.03 bits per heavy atom. The Kier molecular flexibility index (Phi) is 5.67. The predicted molar refractivity (Wildman–Crippen MR) is 127 cm³/mol. The molecule has 0 aliphatic heterocycles. The van der Waals surface area contributed by atoms with Crippen LogP contribution in [0, 0.1) is 13.8 Å². The van der Waals surface area contributed by atoms with E-state index in [1.807, 2.05) is 56.3 Å². The van der Waals surface area contributed by atoms with Crippen molar-refractivity contribution in [2.45, 2.75) is 25.6 Å². The van der Waals surface area contributed by atoms with Gasteiger partial charge in [0.05, 0.1) is 23.6 Å². The number of nitrogens with zero attached hydrogens (tertiary/aromatic N) is 3. The third-order valence-electron chi connectivity index (χ3n) is 5.23. The predicted octanol–water partition coefficient (Wildman–Crippen LogP) is 6.64. The van der Waals surface area contributed by atoms with E-state index < -0.39 is 0 Å². The maximum atomic E-state index is 12.9. The van der Waals surface area contributed by atoms with Gasteiger partial charge in [-0.3, -0.25) is 4.79 Å². The van der Waals surface area contributed by atoms with Crippen molar-refractivity contribution in [3.8, 4) is 10.8 Å². The average molecular weight is 484 g/mol. The van der Waals surface area contributed by atoms with E-state index in [0.717, 1.165) is 32.1 Å². The number of aryl methyl sites for hydroxylation is 1. The van der Waals surface area contributed by atoms with Gasteiger partial charge in [-0.2, -0.15) is 0 Å². The summed E-state index contributed by atoms with van der Waals surface area (Å²) in [5.41, 5.74) is 2.60. The molecular weight excluding hydrogens is 466 g/mol. The summed E-state index contributed by atoms with van der Waals surface area (Å²) in [6.45, 7) is 4.52. The van der Waals surface area contributed by atoms with Gasteiger partial charge in [0.1, 0.15) is 10.6 Å². The summed E-state index contributed by atoms with van der Waals surface area (Å²) in [6.07, 6.45) is 1.65. The lowest BCUT2D eigenvalue weighted by molar-refractivity contribution is 0.102. The van der Waals surface area contributed by atoms with Crippen LogP contribution >= 0.6 is 34.7 Å². The standard InChI is InChI=1S/C23H18ClN3O3S2/c1-13-10-17(14(2)27(13)11-15-6-5-9-29-15)18(28)12-31-23-26-25-22(30-23)21-20(24)16-7-3-4-8-19(16)32-21/h3-10H,11-12H2,1-2H3. The van der Waals surface area contributed by atoms with Crippen LogP contribution in [0.4, 0.5) is 0 Å². The number of thioether (sulfide) groups is 1. The number of thiophene rings is 1. The Morgan fingerprint density at radius 3 is 2.81 bits per heavy atom. The zero-order valence-electron chi connectivity index (χ0n) is 17.3. The van der Waals surface area contributed by atoms with E-state index in [9.17, 15) is 4.79 Å². The van der Waals surface area contributed by atoms with Crippen molar-refractivity contribution in [2.24, 2.45) is 0 Å². The van der Waals surface area contributed by atoms with Crippen LogP contribution in [-0.4, -0.2) is 26.3 Å². The van der Waals surface area contributed by atoms with Crippen LogP contribution in [0.25, 0.3) is 20.9 Å². The summed E-state index contributed by atoms with van der Waals surface area (Å²) in [6, 6.07) is 13.6. The zero-order valence-corrected chi connectivity index (χ0v) is 19.7. The molecule has 4 heterocycles. The van der Waals surface area contributed by atoms with Crippen molar-refractivity contribution in [3.63, 3.8) is 0 Å². The molecule has 0 N–H and O–H groups in total. The number of fused-ring (bicyclic) bond motifs is 1. The third-order valence-corrected chi connectivity index (χ3v) is 7.71. The van der Waals surface area contributed by atoms with Gasteiger partial charge in [0.2, 0.25) is 0 Å². The molecule has 4 aromatic heterocycles. The van der Waals surface area contributed by atoms with Gasteiger partial charge < -0.3 is 13.4 Å². The summed E-state index contributed by atoms with van der Waals surface area (Å²) < 4.78 is 14.4. The Balaban J connectivity index is 1.30. The Bertz CT molecular complexity index is 1420. The fourth-order valence-corrected chi connectivity index (χ4v) is 5.68. The maximum Gasteiger partial charge on any atom is 0.277 e. The van der Waals surface area contributed by atoms with Crippen LogP contribution in [0.2, 0.25) is 5.02 Å². The second-order valence-corrected chi connectivity index (χ2v) is 9.63. The number of aromatic nitrogens is 3. The van der Waals surface area contributed by atoms with E-state index in [2.05, 4.69) is 14.8 Å². The highest BCUT2D eigenvalue weighted by Gasteiger charge is 2.20. The smallest absolute Gasteiger partial charge is 0.277 e. The molecule has 0 fully saturated rings. The molecular formula is C23H18ClN3O3S2. The number of halogens is 1. The van der Waals surface area contributed by atoms with Crippen LogP contribution in [-0.2, 0) is 6.54 Å². The molecule has 0 spiro atoms. The molecule has 32 heavy (non-hydrogen) atoms. The number of benzene rings is 1. The number of hydrogen-bond acceptors (Lipinski definition) is 7. The minimum atomic E-state index is 0.00781. The fraction of sp³-hybridized carbons (Fsp3) is 0.174. The molecule has 5 rings (SSSR count). The van der Waals surface area contributed by atoms with Crippen molar-refractivity contribution in [2.75, 3.05) is 5.75 Å². The first-order valence-corrected chi connectivity index (χ1v) is 12.1. The van der Waals surface area contributed by atoms with E-state index in [0.29, 0.717) is 28.2 Å². The molecule has 9 heteroatoms. The molecule has 162 valence electrons. The minimum Gasteiger partial charge on any atom is -0.467 e. The van der Waals surface area contributed by atoms with Gasteiger partial charge in [-0.25, -0.2) is 0 Å². The zero-order chi connectivity index (χ0) is 22.2. The van der Waals surface area contributed by atoms with E-state index in [-0.39, 0.29) is 11.5 Å². The largest absolute Gasteiger partial charge is 0.467 e. The minimum absolute atomic E-state index is 0.00781. The van der Waals surface area contributed by atoms with Gasteiger partial charge in [0.15, 0.2) is 5.78 Å². The van der Waals surface area contributed by atoms with Crippen molar-refractivity contribution in [1.82, 2.24) is 14.8 Å². The van der Waals surface area contributed by atoms with Crippen LogP contribution in [0.3, 0.4) is 0 Å². The van der Waals surface area contributed by atoms with E-state index in [1.165, 1.54) is 23.1 Å². The average Bonchev–Trinajstić information content (AvgIpc) is 3.57. The summed E-state index contributed by atoms with van der Waals surface area (Å²) in [5.74, 6) is 1.42. The SMILES string of the molecule is Cc1cc(C(=O)CSc2nnc(-c3sc4ccccc4c3Cl)o2)c(C)n1Cc1ccco1. The summed E-state index contributed by atoms with van der Waals surface area (Å²) in [7, 11) is 0. The molecule has 1 aromatic carbocycles. The van der Waals surface area contributed by atoms with Gasteiger partial charge in [-0.05, 0) is 38.1 Å². The lowest BCUT2D eigenvalue weighted by Gasteiger charge is -2.07. The lowest BCUT2D eigenvalue weighted by atomic mass is 10.2. The van der Waals surface area contributed by atoms with E-state index in [1.54, 1.807) is 6.26 Å². The molecule has 6 nitrogen and oxygen atoms in total. The number of furan rings is 1. The normalized spacial score (nSPS) is 11.5. The van der Waals surface area contributed by atoms with Crippen molar-refractivity contribution in [3.05, 3.63) is 76.5 Å². The fourth-order valence-electron chi connectivity index (χ4n) is 3.60. The second kappa shape index (κ2) is 8.61. The molecule has 0 radical (unpaired) electrons. The second-order valence-electron chi connectivity index (χ2n) is 7.28. The Hall–Kier alpha value is -2.81. The first-order chi connectivity index (χ1) is 15.5. The number of carbonyl (C=O) groups is 1. The highest BCUT2D eigenvalue weighted by molar-refractivity contribution is 7.99. The highest BCUT2D eigenvalue weighted by atomic mass is 35.5. The Morgan fingerprint density at radius 1 is 1.19 bits per heavy atom. The van der Waals surface area contributed by atoms with Crippen molar-refractivity contribution in [1.29, 1.82) is 0 Å². The van der Waals surface area contributed by atoms with Crippen molar-refractivity contribution >= 4 is 50.6 Å². The summed E-state index contributed by atoms with van der Waals surface area (Å²) in [5, 5.41) is 10.1. The van der Waals surface area contributed by atoms with E-state index in [4.69, 9.17) is 20.4 Å². The van der Waals surface area contributed by atoms with E-state index >= 15 is 0 Å². The number of hydrogen-bond donors (Lipinski definition) is 0. The van der Waals surface area contributed by atoms with Gasteiger partial charge in [0, 0.05) is 27.0 Å². The monoisotopic (exact) mass is 483 g/mol. The Labute approximate surface area is 197 Å². The summed E-state index contributed by atoms with van der Waals surface area (Å²) in [4.78, 5) is 13.6. The van der Waals surface area contributed by atoms with Crippen LogP contribution in [0.15, 0.2) is 62.8 Å². The molecule has 0 saturated heterocycles. The van der Waals surface area contributed by atoms with Crippen molar-refractivity contribution < 1.29 is 13.6 Å². The topological polar surface area (TPSA) is 74.1 Å². The number of ketones is 1.